The third-order valence-electron chi connectivity index (χ3n) is 10.1. The lowest BCUT2D eigenvalue weighted by atomic mass is 9.90. The number of hydrogen-bond acceptors (Lipinski definition) is 9. The molecule has 4 aromatic carbocycles. The summed E-state index contributed by atoms with van der Waals surface area (Å²) in [7, 11) is 0. The van der Waals surface area contributed by atoms with Gasteiger partial charge in [0.2, 0.25) is 11.8 Å². The summed E-state index contributed by atoms with van der Waals surface area (Å²) in [5, 5.41) is 44.5. The molecule has 7 rings (SSSR count). The summed E-state index contributed by atoms with van der Waals surface area (Å²) in [5.74, 6) is -6.89. The standard InChI is InChI=1S/C45H43ClN4O9S/c46-32-16-14-30(15-17-32)29-12-8-28(9-13-29)23-36-41(54)48-35(22-26-5-2-1-3-6-26)38(51)24-31(45(58)59)21-27-10-18-33(19-11-27)47-43(56)39(52)40(53)44(57)50-37(42(55)49-36)25-34-7-4-20-60-34/h1-20,31,35-37,39-40,52-53H,21-25H2,(H,47,56)(H,48,54)(H,49,55)(H,50,57)(H,58,59)/t31-,35-,36+,37-,39-,40-/m1/s1. The number of benzene rings is 4. The number of carboxylic acids is 1. The van der Waals surface area contributed by atoms with Gasteiger partial charge in [0.05, 0.1) is 12.0 Å². The highest BCUT2D eigenvalue weighted by molar-refractivity contribution is 7.09. The molecule has 6 atom stereocenters. The summed E-state index contributed by atoms with van der Waals surface area (Å²) < 4.78 is 0. The van der Waals surface area contributed by atoms with Crippen LogP contribution >= 0.6 is 22.9 Å². The van der Waals surface area contributed by atoms with Crippen molar-refractivity contribution in [3.63, 3.8) is 0 Å². The molecule has 13 nitrogen and oxygen atoms in total. The SMILES string of the molecule is O=C(O)[C@H]1CC(=O)[C@@H](Cc2ccccc2)NC(=O)[C@H](Cc2ccc(-c3ccc(Cl)cc3)cc2)NC(=O)[C@@H](Cc2cccs2)NC(=O)[C@H](O)[C@@H](O)C(=O)Nc2ccc(cc2)C1. The number of aliphatic hydroxyl groups is 2. The molecular formula is C45H43ClN4O9S. The van der Waals surface area contributed by atoms with E-state index in [0.717, 1.165) is 11.1 Å². The van der Waals surface area contributed by atoms with Gasteiger partial charge in [-0.2, -0.15) is 0 Å². The number of carboxylic acid groups (broad SMARTS) is 1. The number of rotatable bonds is 8. The number of thiophene rings is 1. The lowest BCUT2D eigenvalue weighted by Gasteiger charge is -2.26. The molecule has 0 saturated carbocycles. The Hall–Kier alpha value is -6.19. The molecule has 0 radical (unpaired) electrons. The molecule has 4 amide bonds. The van der Waals surface area contributed by atoms with Crippen molar-refractivity contribution in [2.75, 3.05) is 5.32 Å². The van der Waals surface area contributed by atoms with Crippen LogP contribution in [0.25, 0.3) is 11.1 Å². The van der Waals surface area contributed by atoms with Gasteiger partial charge in [-0.05, 0) is 76.4 Å². The minimum atomic E-state index is -2.30. The monoisotopic (exact) mass is 850 g/mol. The number of aliphatic carboxylic acids is 1. The molecule has 0 saturated heterocycles. The lowest BCUT2D eigenvalue weighted by molar-refractivity contribution is -0.145. The van der Waals surface area contributed by atoms with Crippen LogP contribution in [-0.2, 0) is 54.5 Å². The predicted molar refractivity (Wildman–Crippen MR) is 226 cm³/mol. The van der Waals surface area contributed by atoms with Gasteiger partial charge in [0.1, 0.15) is 12.1 Å². The molecule has 3 heterocycles. The van der Waals surface area contributed by atoms with Crippen molar-refractivity contribution in [2.45, 2.75) is 62.4 Å². The normalized spacial score (nSPS) is 22.1. The van der Waals surface area contributed by atoms with Gasteiger partial charge in [0.15, 0.2) is 18.0 Å². The van der Waals surface area contributed by atoms with E-state index in [1.54, 1.807) is 72.1 Å². The maximum absolute atomic E-state index is 14.4. The van der Waals surface area contributed by atoms with E-state index in [2.05, 4.69) is 21.3 Å². The number of carbonyl (C=O) groups is 6. The number of fused-ring (bicyclic) bond motifs is 18. The lowest BCUT2D eigenvalue weighted by Crippen LogP contribution is -2.58. The number of ketones is 1. The summed E-state index contributed by atoms with van der Waals surface area (Å²) in [6, 6.07) is 28.9. The quantitative estimate of drug-likeness (QED) is 0.112. The third-order valence-corrected chi connectivity index (χ3v) is 11.3. The summed E-state index contributed by atoms with van der Waals surface area (Å²) in [6.45, 7) is 0. The molecule has 0 spiro atoms. The van der Waals surface area contributed by atoms with E-state index in [4.69, 9.17) is 11.6 Å². The van der Waals surface area contributed by atoms with Crippen LogP contribution in [0.3, 0.4) is 0 Å². The first-order valence-corrected chi connectivity index (χ1v) is 20.4. The van der Waals surface area contributed by atoms with Crippen molar-refractivity contribution in [1.82, 2.24) is 16.0 Å². The molecule has 0 fully saturated rings. The third kappa shape index (κ3) is 11.7. The molecule has 2 aliphatic rings. The van der Waals surface area contributed by atoms with Gasteiger partial charge < -0.3 is 36.6 Å². The molecule has 0 unspecified atom stereocenters. The van der Waals surface area contributed by atoms with Crippen LogP contribution in [0.5, 0.6) is 0 Å². The number of halogens is 1. The van der Waals surface area contributed by atoms with Gasteiger partial charge in [0.25, 0.3) is 11.8 Å². The second-order valence-electron chi connectivity index (χ2n) is 14.6. The molecule has 2 bridgehead atoms. The van der Waals surface area contributed by atoms with Crippen LogP contribution in [0.4, 0.5) is 5.69 Å². The average Bonchev–Trinajstić information content (AvgIpc) is 3.76. The number of amides is 4. The van der Waals surface area contributed by atoms with Crippen molar-refractivity contribution in [3.05, 3.63) is 147 Å². The number of carbonyl (C=O) groups excluding carboxylic acids is 5. The second-order valence-corrected chi connectivity index (χ2v) is 16.0. The molecule has 60 heavy (non-hydrogen) atoms. The van der Waals surface area contributed by atoms with E-state index in [9.17, 15) is 44.1 Å². The maximum atomic E-state index is 14.4. The Balaban J connectivity index is 1.37. The van der Waals surface area contributed by atoms with Crippen LogP contribution in [0, 0.1) is 5.92 Å². The van der Waals surface area contributed by atoms with Gasteiger partial charge in [-0.3, -0.25) is 28.8 Å². The number of Topliss-reactive ketones (excluding diaryl/α,β-unsaturated/α-hetero) is 1. The fourth-order valence-electron chi connectivity index (χ4n) is 6.80. The molecule has 310 valence electrons. The predicted octanol–water partition coefficient (Wildman–Crippen LogP) is 4.13. The molecular weight excluding hydrogens is 808 g/mol. The summed E-state index contributed by atoms with van der Waals surface area (Å²) in [5.41, 5.74) is 3.78. The van der Waals surface area contributed by atoms with Crippen molar-refractivity contribution >= 4 is 64.0 Å². The van der Waals surface area contributed by atoms with E-state index in [1.807, 2.05) is 24.3 Å². The zero-order valence-corrected chi connectivity index (χ0v) is 33.7. The van der Waals surface area contributed by atoms with Gasteiger partial charge in [-0.15, -0.1) is 11.3 Å². The summed E-state index contributed by atoms with van der Waals surface area (Å²) in [4.78, 5) is 82.3. The Labute approximate surface area is 354 Å². The summed E-state index contributed by atoms with van der Waals surface area (Å²) in [6.07, 6.45) is -5.17. The fraction of sp³-hybridized carbons (Fsp3) is 0.244. The Morgan fingerprint density at radius 2 is 1.15 bits per heavy atom. The summed E-state index contributed by atoms with van der Waals surface area (Å²) >= 11 is 7.37. The average molecular weight is 851 g/mol. The van der Waals surface area contributed by atoms with Crippen LogP contribution < -0.4 is 21.3 Å². The second kappa shape index (κ2) is 20.2. The van der Waals surface area contributed by atoms with Crippen molar-refractivity contribution < 1.29 is 44.1 Å². The molecule has 15 heteroatoms. The first kappa shape index (κ1) is 43.4. The zero-order chi connectivity index (χ0) is 42.8. The van der Waals surface area contributed by atoms with Crippen molar-refractivity contribution in [2.24, 2.45) is 5.92 Å². The first-order valence-electron chi connectivity index (χ1n) is 19.2. The highest BCUT2D eigenvalue weighted by Crippen LogP contribution is 2.23. The minimum absolute atomic E-state index is 0.0277. The van der Waals surface area contributed by atoms with E-state index in [0.29, 0.717) is 26.6 Å². The van der Waals surface area contributed by atoms with Gasteiger partial charge in [-0.1, -0.05) is 96.5 Å². The molecule has 0 aliphatic carbocycles. The number of aliphatic hydroxyl groups excluding tert-OH is 2. The first-order chi connectivity index (χ1) is 28.8. The molecule has 5 aromatic rings. The molecule has 2 aliphatic heterocycles. The number of hydrogen-bond donors (Lipinski definition) is 7. The van der Waals surface area contributed by atoms with E-state index < -0.39 is 78.1 Å². The van der Waals surface area contributed by atoms with Crippen LogP contribution in [0.15, 0.2) is 121 Å². The highest BCUT2D eigenvalue weighted by Gasteiger charge is 2.36. The van der Waals surface area contributed by atoms with Crippen LogP contribution in [0.2, 0.25) is 5.02 Å². The number of anilines is 1. The Bertz CT molecular complexity index is 2290. The molecule has 1 aromatic heterocycles. The van der Waals surface area contributed by atoms with Crippen LogP contribution in [-0.4, -0.2) is 81.0 Å². The maximum Gasteiger partial charge on any atom is 0.307 e. The molecule has 7 N–H and O–H groups in total. The smallest absolute Gasteiger partial charge is 0.307 e. The van der Waals surface area contributed by atoms with E-state index in [-0.39, 0.29) is 31.4 Å². The van der Waals surface area contributed by atoms with Gasteiger partial charge in [0, 0.05) is 34.8 Å². The van der Waals surface area contributed by atoms with Gasteiger partial charge >= 0.3 is 5.97 Å². The Kier molecular flexibility index (Phi) is 14.6. The largest absolute Gasteiger partial charge is 0.481 e. The van der Waals surface area contributed by atoms with E-state index >= 15 is 0 Å². The highest BCUT2D eigenvalue weighted by atomic mass is 35.5. The minimum Gasteiger partial charge on any atom is -0.481 e. The number of nitrogens with one attached hydrogen (secondary N) is 4. The zero-order valence-electron chi connectivity index (χ0n) is 32.1. The van der Waals surface area contributed by atoms with E-state index in [1.165, 1.54) is 35.6 Å². The Morgan fingerprint density at radius 3 is 1.77 bits per heavy atom. The van der Waals surface area contributed by atoms with Crippen molar-refractivity contribution in [1.29, 1.82) is 0 Å². The van der Waals surface area contributed by atoms with Crippen molar-refractivity contribution in [3.8, 4) is 11.1 Å². The Morgan fingerprint density at radius 1 is 0.600 bits per heavy atom. The topological polar surface area (TPSA) is 211 Å². The van der Waals surface area contributed by atoms with Crippen LogP contribution in [0.1, 0.15) is 28.0 Å². The fourth-order valence-corrected chi connectivity index (χ4v) is 7.68. The van der Waals surface area contributed by atoms with Gasteiger partial charge in [-0.25, -0.2) is 0 Å².